The number of ether oxygens (including phenoxy) is 1. The van der Waals surface area contributed by atoms with Crippen molar-refractivity contribution in [1.82, 2.24) is 4.90 Å². The number of ketones is 1. The first-order valence-corrected chi connectivity index (χ1v) is 9.40. The molecule has 3 fully saturated rings. The molecule has 0 N–H and O–H groups in total. The zero-order valence-electron chi connectivity index (χ0n) is 14.5. The van der Waals surface area contributed by atoms with Crippen molar-refractivity contribution in [2.75, 3.05) is 6.54 Å². The average molecular weight is 337 g/mol. The molecule has 3 heterocycles. The first-order chi connectivity index (χ1) is 12.1. The van der Waals surface area contributed by atoms with Crippen LogP contribution in [-0.2, 0) is 9.53 Å². The number of nitrogens with zero attached hydrogens (tertiary/aromatic N) is 1. The molecule has 0 radical (unpaired) electrons. The van der Waals surface area contributed by atoms with Crippen molar-refractivity contribution in [1.29, 1.82) is 0 Å². The van der Waals surface area contributed by atoms with Crippen LogP contribution in [0, 0.1) is 0 Å². The normalized spacial score (nSPS) is 36.4. The Morgan fingerprint density at radius 1 is 1.28 bits per heavy atom. The summed E-state index contributed by atoms with van der Waals surface area (Å²) in [6, 6.07) is 8.67. The van der Waals surface area contributed by atoms with E-state index in [1.54, 1.807) is 13.0 Å². The molecular formula is C21H23NO3. The largest absolute Gasteiger partial charge is 0.450 e. The van der Waals surface area contributed by atoms with E-state index < -0.39 is 0 Å². The Hall–Kier alpha value is -1.94. The summed E-state index contributed by atoms with van der Waals surface area (Å²) in [4.78, 5) is 26.9. The number of piperidine rings is 1. The zero-order valence-corrected chi connectivity index (χ0v) is 14.5. The molecular weight excluding hydrogens is 314 g/mol. The van der Waals surface area contributed by atoms with Crippen molar-refractivity contribution in [3.05, 3.63) is 47.0 Å². The summed E-state index contributed by atoms with van der Waals surface area (Å²) in [5.74, 6) is 0.201. The van der Waals surface area contributed by atoms with Gasteiger partial charge in [0.1, 0.15) is 0 Å². The van der Waals surface area contributed by atoms with Gasteiger partial charge in [0.05, 0.1) is 6.04 Å². The van der Waals surface area contributed by atoms with E-state index >= 15 is 0 Å². The highest BCUT2D eigenvalue weighted by atomic mass is 16.6. The minimum Gasteiger partial charge on any atom is -0.450 e. The van der Waals surface area contributed by atoms with E-state index in [0.717, 1.165) is 42.5 Å². The number of carbonyl (C=O) groups excluding carboxylic acids is 2. The topological polar surface area (TPSA) is 46.6 Å². The molecule has 1 aromatic rings. The molecule has 2 saturated heterocycles. The predicted molar refractivity (Wildman–Crippen MR) is 93.5 cm³/mol. The molecule has 4 heteroatoms. The van der Waals surface area contributed by atoms with Gasteiger partial charge in [0.25, 0.3) is 0 Å². The minimum atomic E-state index is -0.385. The van der Waals surface area contributed by atoms with Gasteiger partial charge in [-0.05, 0) is 43.9 Å². The molecule has 1 aromatic carbocycles. The molecule has 25 heavy (non-hydrogen) atoms. The van der Waals surface area contributed by atoms with E-state index in [-0.39, 0.29) is 23.3 Å². The molecule has 4 aliphatic rings. The maximum absolute atomic E-state index is 12.2. The van der Waals surface area contributed by atoms with E-state index in [1.807, 2.05) is 18.2 Å². The lowest BCUT2D eigenvalue weighted by molar-refractivity contribution is -0.148. The fraction of sp³-hybridized carbons (Fsp3) is 0.524. The summed E-state index contributed by atoms with van der Waals surface area (Å²) in [5.41, 5.74) is 2.74. The Morgan fingerprint density at radius 2 is 2.12 bits per heavy atom. The summed E-state index contributed by atoms with van der Waals surface area (Å²) in [7, 11) is 0. The van der Waals surface area contributed by atoms with Gasteiger partial charge in [-0.1, -0.05) is 30.7 Å². The third-order valence-corrected chi connectivity index (χ3v) is 6.78. The van der Waals surface area contributed by atoms with Crippen molar-refractivity contribution < 1.29 is 14.3 Å². The molecule has 1 saturated carbocycles. The number of hydrogen-bond acceptors (Lipinski definition) is 4. The van der Waals surface area contributed by atoms with E-state index in [9.17, 15) is 9.59 Å². The van der Waals surface area contributed by atoms with E-state index in [2.05, 4.69) is 11.0 Å². The molecule has 130 valence electrons. The maximum atomic E-state index is 12.2. The zero-order chi connectivity index (χ0) is 17.2. The third-order valence-electron chi connectivity index (χ3n) is 6.78. The first kappa shape index (κ1) is 15.3. The third kappa shape index (κ3) is 2.03. The monoisotopic (exact) mass is 337 g/mol. The van der Waals surface area contributed by atoms with Gasteiger partial charge in [0.15, 0.2) is 11.4 Å². The lowest BCUT2D eigenvalue weighted by atomic mass is 9.70. The Morgan fingerprint density at radius 3 is 2.96 bits per heavy atom. The average Bonchev–Trinajstić information content (AvgIpc) is 3.10. The summed E-state index contributed by atoms with van der Waals surface area (Å²) in [6.07, 6.45) is 6.95. The summed E-state index contributed by atoms with van der Waals surface area (Å²) in [6.45, 7) is 2.71. The minimum absolute atomic E-state index is 0.119. The second-order valence-corrected chi connectivity index (χ2v) is 7.96. The highest BCUT2D eigenvalue weighted by Gasteiger charge is 2.63. The van der Waals surface area contributed by atoms with Crippen molar-refractivity contribution in [2.24, 2.45) is 0 Å². The Labute approximate surface area is 147 Å². The lowest BCUT2D eigenvalue weighted by Crippen LogP contribution is -2.48. The highest BCUT2D eigenvalue weighted by Crippen LogP contribution is 2.58. The van der Waals surface area contributed by atoms with Gasteiger partial charge in [-0.25, -0.2) is 4.79 Å². The van der Waals surface area contributed by atoms with Gasteiger partial charge in [-0.15, -0.1) is 0 Å². The molecule has 4 atom stereocenters. The van der Waals surface area contributed by atoms with Crippen LogP contribution in [0.2, 0.25) is 0 Å². The van der Waals surface area contributed by atoms with E-state index in [0.29, 0.717) is 12.1 Å². The molecule has 0 amide bonds. The van der Waals surface area contributed by atoms with E-state index in [1.165, 1.54) is 12.8 Å². The SMILES string of the molecule is CC(=O)c1ccccc1[C@@H]1CC2=CC(=O)O[C@@]23C[C@@H]1N1CCCC[C@@H]13. The maximum Gasteiger partial charge on any atom is 0.331 e. The van der Waals surface area contributed by atoms with Crippen LogP contribution in [-0.4, -0.2) is 40.9 Å². The molecule has 5 rings (SSSR count). The number of Topliss-reactive ketones (excluding diaryl/α,β-unsaturated/α-hetero) is 1. The Bertz CT molecular complexity index is 798. The van der Waals surface area contributed by atoms with E-state index in [4.69, 9.17) is 4.74 Å². The standard InChI is InChI=1S/C21H23NO3/c1-13(23)15-6-2-3-7-16(15)17-10-14-11-20(24)25-21(14)12-18(17)22-9-5-4-8-19(21)22/h2-3,6-7,11,17-19H,4-5,8-10,12H2,1H3/t17-,18-,19+,21-/m0/s1. The number of esters is 1. The van der Waals surface area contributed by atoms with Gasteiger partial charge in [-0.3, -0.25) is 9.69 Å². The quantitative estimate of drug-likeness (QED) is 0.614. The second-order valence-electron chi connectivity index (χ2n) is 7.96. The summed E-state index contributed by atoms with van der Waals surface area (Å²) in [5, 5.41) is 0. The molecule has 1 spiro atoms. The van der Waals surface area contributed by atoms with Crippen LogP contribution in [0.3, 0.4) is 0 Å². The van der Waals surface area contributed by atoms with Gasteiger partial charge < -0.3 is 4.74 Å². The number of carbonyl (C=O) groups is 2. The predicted octanol–water partition coefficient (Wildman–Crippen LogP) is 3.23. The smallest absolute Gasteiger partial charge is 0.331 e. The van der Waals surface area contributed by atoms with Crippen LogP contribution < -0.4 is 0 Å². The summed E-state index contributed by atoms with van der Waals surface area (Å²) >= 11 is 0. The number of benzene rings is 1. The van der Waals surface area contributed by atoms with Crippen molar-refractivity contribution in [2.45, 2.75) is 62.6 Å². The summed E-state index contributed by atoms with van der Waals surface area (Å²) < 4.78 is 5.93. The second kappa shape index (κ2) is 5.28. The van der Waals surface area contributed by atoms with Crippen LogP contribution in [0.4, 0.5) is 0 Å². The van der Waals surface area contributed by atoms with Gasteiger partial charge >= 0.3 is 5.97 Å². The highest BCUT2D eigenvalue weighted by molar-refractivity contribution is 5.96. The van der Waals surface area contributed by atoms with Gasteiger partial charge in [-0.2, -0.15) is 0 Å². The van der Waals surface area contributed by atoms with Crippen molar-refractivity contribution >= 4 is 11.8 Å². The Kier molecular flexibility index (Phi) is 3.23. The fourth-order valence-electron chi connectivity index (χ4n) is 5.85. The molecule has 0 aromatic heterocycles. The van der Waals surface area contributed by atoms with Crippen LogP contribution in [0.15, 0.2) is 35.9 Å². The van der Waals surface area contributed by atoms with Crippen LogP contribution in [0.5, 0.6) is 0 Å². The van der Waals surface area contributed by atoms with Crippen molar-refractivity contribution in [3.8, 4) is 0 Å². The van der Waals surface area contributed by atoms with Gasteiger partial charge in [0, 0.05) is 30.0 Å². The fourth-order valence-corrected chi connectivity index (χ4v) is 5.85. The lowest BCUT2D eigenvalue weighted by Gasteiger charge is -2.38. The Balaban J connectivity index is 1.63. The first-order valence-electron chi connectivity index (χ1n) is 9.40. The van der Waals surface area contributed by atoms with Crippen molar-refractivity contribution in [3.63, 3.8) is 0 Å². The van der Waals surface area contributed by atoms with Crippen LogP contribution in [0.1, 0.15) is 60.9 Å². The van der Waals surface area contributed by atoms with Crippen LogP contribution >= 0.6 is 0 Å². The molecule has 2 bridgehead atoms. The number of hydrogen-bond donors (Lipinski definition) is 0. The molecule has 0 unspecified atom stereocenters. The number of rotatable bonds is 2. The number of fused-ring (bicyclic) bond motifs is 3. The molecule has 4 nitrogen and oxygen atoms in total. The molecule has 3 aliphatic heterocycles. The van der Waals surface area contributed by atoms with Crippen LogP contribution in [0.25, 0.3) is 0 Å². The molecule has 1 aliphatic carbocycles. The van der Waals surface area contributed by atoms with Gasteiger partial charge in [0.2, 0.25) is 0 Å².